The third-order valence-electron chi connectivity index (χ3n) is 1.61. The number of amides is 1. The molecule has 1 heterocycles. The van der Waals surface area contributed by atoms with E-state index in [-0.39, 0.29) is 28.1 Å². The van der Waals surface area contributed by atoms with E-state index in [1.165, 1.54) is 6.92 Å². The molecular formula is C7H11N3O4S2. The SMILES string of the molecule is Cc1nc(C(N)=O)sc1S(=O)(=O)NCCO. The van der Waals surface area contributed by atoms with Gasteiger partial charge in [0.2, 0.25) is 0 Å². The van der Waals surface area contributed by atoms with Crippen LogP contribution in [0.5, 0.6) is 0 Å². The minimum Gasteiger partial charge on any atom is -0.395 e. The van der Waals surface area contributed by atoms with Crippen LogP contribution in [0, 0.1) is 6.92 Å². The summed E-state index contributed by atoms with van der Waals surface area (Å²) in [7, 11) is -3.73. The first-order valence-corrected chi connectivity index (χ1v) is 6.56. The van der Waals surface area contributed by atoms with Crippen LogP contribution in [0.25, 0.3) is 0 Å². The number of carbonyl (C=O) groups excluding carboxylic acids is 1. The Morgan fingerprint density at radius 1 is 1.62 bits per heavy atom. The highest BCUT2D eigenvalue weighted by atomic mass is 32.2. The normalized spacial score (nSPS) is 11.6. The van der Waals surface area contributed by atoms with Gasteiger partial charge in [-0.25, -0.2) is 18.1 Å². The zero-order valence-electron chi connectivity index (χ0n) is 8.43. The molecule has 0 saturated carbocycles. The lowest BCUT2D eigenvalue weighted by molar-refractivity contribution is 0.1000. The van der Waals surface area contributed by atoms with Crippen LogP contribution in [0.2, 0.25) is 0 Å². The number of aromatic nitrogens is 1. The fourth-order valence-electron chi connectivity index (χ4n) is 0.983. The Labute approximate surface area is 96.4 Å². The lowest BCUT2D eigenvalue weighted by Gasteiger charge is -2.02. The molecule has 1 aromatic heterocycles. The van der Waals surface area contributed by atoms with E-state index >= 15 is 0 Å². The van der Waals surface area contributed by atoms with E-state index in [0.29, 0.717) is 11.3 Å². The van der Waals surface area contributed by atoms with Crippen molar-refractivity contribution in [2.45, 2.75) is 11.1 Å². The summed E-state index contributed by atoms with van der Waals surface area (Å²) >= 11 is 0.707. The molecule has 0 atom stereocenters. The Morgan fingerprint density at radius 3 is 2.69 bits per heavy atom. The Morgan fingerprint density at radius 2 is 2.25 bits per heavy atom. The number of sulfonamides is 1. The third-order valence-corrected chi connectivity index (χ3v) is 4.86. The number of aryl methyl sites for hydroxylation is 1. The summed E-state index contributed by atoms with van der Waals surface area (Å²) in [5, 5.41) is 8.47. The van der Waals surface area contributed by atoms with E-state index in [4.69, 9.17) is 10.8 Å². The van der Waals surface area contributed by atoms with E-state index in [1.54, 1.807) is 0 Å². The zero-order chi connectivity index (χ0) is 12.3. The Kier molecular flexibility index (Phi) is 3.97. The maximum Gasteiger partial charge on any atom is 0.277 e. The summed E-state index contributed by atoms with van der Waals surface area (Å²) < 4.78 is 25.4. The van der Waals surface area contributed by atoms with Crippen molar-refractivity contribution in [3.05, 3.63) is 10.7 Å². The molecule has 1 rings (SSSR count). The first-order valence-electron chi connectivity index (χ1n) is 4.26. The Hall–Kier alpha value is -1.03. The number of aliphatic hydroxyl groups is 1. The van der Waals surface area contributed by atoms with Gasteiger partial charge in [-0.3, -0.25) is 4.79 Å². The fraction of sp³-hybridized carbons (Fsp3) is 0.429. The molecule has 0 aliphatic rings. The van der Waals surface area contributed by atoms with Gasteiger partial charge in [0.1, 0.15) is 0 Å². The molecule has 0 aliphatic heterocycles. The van der Waals surface area contributed by atoms with Crippen molar-refractivity contribution in [2.24, 2.45) is 5.73 Å². The zero-order valence-corrected chi connectivity index (χ0v) is 10.1. The maximum atomic E-state index is 11.6. The molecule has 9 heteroatoms. The molecule has 1 amide bonds. The predicted octanol–water partition coefficient (Wildman–Crippen LogP) is -1.18. The first kappa shape index (κ1) is 13.0. The van der Waals surface area contributed by atoms with Crippen LogP contribution in [-0.2, 0) is 10.0 Å². The number of nitrogens with one attached hydrogen (secondary N) is 1. The van der Waals surface area contributed by atoms with Gasteiger partial charge in [-0.1, -0.05) is 11.3 Å². The van der Waals surface area contributed by atoms with E-state index in [1.807, 2.05) is 0 Å². The molecule has 1 aromatic rings. The average Bonchev–Trinajstić information content (AvgIpc) is 2.58. The number of hydrogen-bond donors (Lipinski definition) is 3. The smallest absolute Gasteiger partial charge is 0.277 e. The molecule has 90 valence electrons. The van der Waals surface area contributed by atoms with Crippen molar-refractivity contribution in [2.75, 3.05) is 13.2 Å². The van der Waals surface area contributed by atoms with Crippen LogP contribution in [0.15, 0.2) is 4.21 Å². The van der Waals surface area contributed by atoms with Crippen molar-refractivity contribution < 1.29 is 18.3 Å². The van der Waals surface area contributed by atoms with Gasteiger partial charge in [0.25, 0.3) is 15.9 Å². The van der Waals surface area contributed by atoms with Crippen LogP contribution < -0.4 is 10.5 Å². The predicted molar refractivity (Wildman–Crippen MR) is 57.6 cm³/mol. The number of thiazole rings is 1. The van der Waals surface area contributed by atoms with Gasteiger partial charge in [-0.2, -0.15) is 0 Å². The van der Waals surface area contributed by atoms with E-state index < -0.39 is 15.9 Å². The topological polar surface area (TPSA) is 122 Å². The molecule has 0 aliphatic carbocycles. The molecule has 0 bridgehead atoms. The number of rotatable bonds is 5. The minimum absolute atomic E-state index is 0.0538. The molecule has 0 fully saturated rings. The Balaban J connectivity index is 3.08. The number of carbonyl (C=O) groups is 1. The number of hydrogen-bond acceptors (Lipinski definition) is 6. The molecular weight excluding hydrogens is 254 g/mol. The highest BCUT2D eigenvalue weighted by Crippen LogP contribution is 2.22. The molecule has 0 unspecified atom stereocenters. The molecule has 0 radical (unpaired) electrons. The molecule has 0 saturated heterocycles. The average molecular weight is 265 g/mol. The summed E-state index contributed by atoms with van der Waals surface area (Å²) in [6, 6.07) is 0. The number of nitrogens with two attached hydrogens (primary N) is 1. The highest BCUT2D eigenvalue weighted by molar-refractivity contribution is 7.91. The van der Waals surface area contributed by atoms with Crippen LogP contribution >= 0.6 is 11.3 Å². The second-order valence-electron chi connectivity index (χ2n) is 2.88. The number of nitrogens with zero attached hydrogens (tertiary/aromatic N) is 1. The van der Waals surface area contributed by atoms with Crippen molar-refractivity contribution in [1.82, 2.24) is 9.71 Å². The standard InChI is InChI=1S/C7H11N3O4S2/c1-4-7(15-6(10-4)5(8)12)16(13,14)9-2-3-11/h9,11H,2-3H2,1H3,(H2,8,12). The van der Waals surface area contributed by atoms with E-state index in [0.717, 1.165) is 0 Å². The van der Waals surface area contributed by atoms with Crippen molar-refractivity contribution in [3.63, 3.8) is 0 Å². The van der Waals surface area contributed by atoms with Crippen LogP contribution in [0.1, 0.15) is 15.5 Å². The summed E-state index contributed by atoms with van der Waals surface area (Å²) in [5.74, 6) is -0.767. The van der Waals surface area contributed by atoms with Crippen molar-refractivity contribution in [3.8, 4) is 0 Å². The molecule has 4 N–H and O–H groups in total. The van der Waals surface area contributed by atoms with Gasteiger partial charge >= 0.3 is 0 Å². The van der Waals surface area contributed by atoms with Crippen molar-refractivity contribution in [1.29, 1.82) is 0 Å². The Bertz CT molecular complexity index is 494. The van der Waals surface area contributed by atoms with Gasteiger partial charge in [0.15, 0.2) is 9.22 Å². The summed E-state index contributed by atoms with van der Waals surface area (Å²) in [4.78, 5) is 14.6. The minimum atomic E-state index is -3.73. The van der Waals surface area contributed by atoms with E-state index in [9.17, 15) is 13.2 Å². The number of aliphatic hydroxyl groups excluding tert-OH is 1. The van der Waals surface area contributed by atoms with Gasteiger partial charge in [0.05, 0.1) is 12.3 Å². The molecule has 0 aromatic carbocycles. The highest BCUT2D eigenvalue weighted by Gasteiger charge is 2.22. The van der Waals surface area contributed by atoms with Gasteiger partial charge < -0.3 is 10.8 Å². The fourth-order valence-corrected chi connectivity index (χ4v) is 3.41. The van der Waals surface area contributed by atoms with Gasteiger partial charge in [0, 0.05) is 6.54 Å². The maximum absolute atomic E-state index is 11.6. The van der Waals surface area contributed by atoms with Crippen molar-refractivity contribution >= 4 is 27.3 Å². The second-order valence-corrected chi connectivity index (χ2v) is 5.84. The lowest BCUT2D eigenvalue weighted by Crippen LogP contribution is -2.26. The summed E-state index contributed by atoms with van der Waals surface area (Å²) in [6.07, 6.45) is 0. The quantitative estimate of drug-likeness (QED) is 0.618. The first-order chi connectivity index (χ1) is 7.38. The van der Waals surface area contributed by atoms with Crippen LogP contribution in [0.4, 0.5) is 0 Å². The summed E-state index contributed by atoms with van der Waals surface area (Å²) in [6.45, 7) is 1.07. The largest absolute Gasteiger partial charge is 0.395 e. The number of primary amides is 1. The molecule has 0 spiro atoms. The van der Waals surface area contributed by atoms with Crippen LogP contribution in [0.3, 0.4) is 0 Å². The molecule has 16 heavy (non-hydrogen) atoms. The van der Waals surface area contributed by atoms with Gasteiger partial charge in [-0.05, 0) is 6.92 Å². The summed E-state index contributed by atoms with van der Waals surface area (Å²) in [5.41, 5.74) is 5.21. The van der Waals surface area contributed by atoms with Crippen LogP contribution in [-0.4, -0.2) is 37.6 Å². The lowest BCUT2D eigenvalue weighted by atomic mass is 10.6. The van der Waals surface area contributed by atoms with E-state index in [2.05, 4.69) is 9.71 Å². The van der Waals surface area contributed by atoms with Gasteiger partial charge in [-0.15, -0.1) is 0 Å². The third kappa shape index (κ3) is 2.76. The second kappa shape index (κ2) is 4.87. The molecule has 7 nitrogen and oxygen atoms in total. The monoisotopic (exact) mass is 265 g/mol.